The summed E-state index contributed by atoms with van der Waals surface area (Å²) in [4.78, 5) is 18.1. The third-order valence-electron chi connectivity index (χ3n) is 4.96. The first-order chi connectivity index (χ1) is 13.7. The zero-order valence-electron chi connectivity index (χ0n) is 16.7. The highest BCUT2D eigenvalue weighted by Gasteiger charge is 2.36. The van der Waals surface area contributed by atoms with E-state index in [-0.39, 0.29) is 35.9 Å². The quantitative estimate of drug-likeness (QED) is 0.676. The van der Waals surface area contributed by atoms with Crippen molar-refractivity contribution in [3.05, 3.63) is 41.8 Å². The molecule has 8 nitrogen and oxygen atoms in total. The van der Waals surface area contributed by atoms with Crippen molar-refractivity contribution in [2.24, 2.45) is 0 Å². The highest BCUT2D eigenvalue weighted by Crippen LogP contribution is 2.24. The predicted molar refractivity (Wildman–Crippen MR) is 103 cm³/mol. The molecule has 1 atom stereocenters. The van der Waals surface area contributed by atoms with Gasteiger partial charge >= 0.3 is 0 Å². The molecule has 0 saturated carbocycles. The van der Waals surface area contributed by atoms with Crippen LogP contribution in [-0.2, 0) is 21.2 Å². The summed E-state index contributed by atoms with van der Waals surface area (Å²) in [6, 6.07) is 4.69. The Bertz CT molecular complexity index is 976. The van der Waals surface area contributed by atoms with Crippen molar-refractivity contribution >= 4 is 15.9 Å². The molecule has 10 heteroatoms. The molecule has 0 bridgehead atoms. The maximum absolute atomic E-state index is 13.5. The molecule has 0 aliphatic carbocycles. The maximum Gasteiger partial charge on any atom is 0.243 e. The van der Waals surface area contributed by atoms with Gasteiger partial charge in [-0.25, -0.2) is 12.8 Å². The monoisotopic (exact) mass is 424 g/mol. The Morgan fingerprint density at radius 2 is 2.17 bits per heavy atom. The average molecular weight is 424 g/mol. The molecule has 158 valence electrons. The van der Waals surface area contributed by atoms with Crippen LogP contribution in [0.2, 0.25) is 0 Å². The number of aromatic nitrogens is 2. The Morgan fingerprint density at radius 3 is 2.79 bits per heavy atom. The molecule has 1 aromatic carbocycles. The Morgan fingerprint density at radius 1 is 1.41 bits per heavy atom. The molecular formula is C19H25FN4O4S. The van der Waals surface area contributed by atoms with Crippen LogP contribution in [0, 0.1) is 5.82 Å². The molecule has 1 fully saturated rings. The normalized spacial score (nSPS) is 17.8. The summed E-state index contributed by atoms with van der Waals surface area (Å²) in [7, 11) is -3.81. The van der Waals surface area contributed by atoms with Gasteiger partial charge in [0.25, 0.3) is 0 Å². The summed E-state index contributed by atoms with van der Waals surface area (Å²) < 4.78 is 45.5. The second kappa shape index (κ2) is 8.58. The standard InChI is InChI=1S/C19H25FN4O4S/c1-13(2)19-21-18(22-28-19)8-10-24(14(3)25)16-7-9-23(12-16)29(26,27)17-6-4-5-15(20)11-17/h4-6,11,13,16H,7-10,12H2,1-3H3. The van der Waals surface area contributed by atoms with Crippen molar-refractivity contribution in [1.29, 1.82) is 0 Å². The number of halogens is 1. The van der Waals surface area contributed by atoms with E-state index in [1.165, 1.54) is 29.4 Å². The third-order valence-corrected chi connectivity index (χ3v) is 6.82. The van der Waals surface area contributed by atoms with E-state index in [1.807, 2.05) is 13.8 Å². The van der Waals surface area contributed by atoms with E-state index >= 15 is 0 Å². The molecule has 2 heterocycles. The number of amides is 1. The number of benzene rings is 1. The Labute approximate surface area is 169 Å². The summed E-state index contributed by atoms with van der Waals surface area (Å²) in [6.45, 7) is 6.16. The van der Waals surface area contributed by atoms with Crippen molar-refractivity contribution in [1.82, 2.24) is 19.3 Å². The smallest absolute Gasteiger partial charge is 0.243 e. The van der Waals surface area contributed by atoms with Gasteiger partial charge in [-0.15, -0.1) is 0 Å². The van der Waals surface area contributed by atoms with Gasteiger partial charge in [0.2, 0.25) is 21.8 Å². The number of carbonyl (C=O) groups is 1. The average Bonchev–Trinajstić information content (AvgIpc) is 3.32. The lowest BCUT2D eigenvalue weighted by Crippen LogP contribution is -2.42. The number of rotatable bonds is 7. The molecule has 2 aromatic rings. The fourth-order valence-corrected chi connectivity index (χ4v) is 4.91. The molecule has 3 rings (SSSR count). The van der Waals surface area contributed by atoms with E-state index in [2.05, 4.69) is 10.1 Å². The van der Waals surface area contributed by atoms with Crippen molar-refractivity contribution in [2.75, 3.05) is 19.6 Å². The minimum atomic E-state index is -3.81. The zero-order chi connectivity index (χ0) is 21.2. The zero-order valence-corrected chi connectivity index (χ0v) is 17.5. The summed E-state index contributed by atoms with van der Waals surface area (Å²) in [5.74, 6) is 0.432. The second-order valence-electron chi connectivity index (χ2n) is 7.43. The topological polar surface area (TPSA) is 96.6 Å². The van der Waals surface area contributed by atoms with Crippen LogP contribution in [0.4, 0.5) is 4.39 Å². The molecule has 0 radical (unpaired) electrons. The van der Waals surface area contributed by atoms with Crippen LogP contribution in [0.15, 0.2) is 33.7 Å². The molecule has 0 spiro atoms. The lowest BCUT2D eigenvalue weighted by Gasteiger charge is -2.27. The lowest BCUT2D eigenvalue weighted by atomic mass is 10.2. The van der Waals surface area contributed by atoms with Crippen LogP contribution in [0.1, 0.15) is 44.8 Å². The largest absolute Gasteiger partial charge is 0.339 e. The molecule has 0 N–H and O–H groups in total. The fourth-order valence-electron chi connectivity index (χ4n) is 3.38. The van der Waals surface area contributed by atoms with Gasteiger partial charge in [0.1, 0.15) is 5.82 Å². The molecular weight excluding hydrogens is 399 g/mol. The van der Waals surface area contributed by atoms with Gasteiger partial charge in [-0.3, -0.25) is 4.79 Å². The van der Waals surface area contributed by atoms with Gasteiger partial charge < -0.3 is 9.42 Å². The van der Waals surface area contributed by atoms with E-state index in [9.17, 15) is 17.6 Å². The maximum atomic E-state index is 13.5. The van der Waals surface area contributed by atoms with Crippen LogP contribution in [-0.4, -0.2) is 59.3 Å². The van der Waals surface area contributed by atoms with Gasteiger partial charge in [0.05, 0.1) is 4.90 Å². The fraction of sp³-hybridized carbons (Fsp3) is 0.526. The number of carbonyl (C=O) groups excluding carboxylic acids is 1. The minimum absolute atomic E-state index is 0.0828. The number of hydrogen-bond donors (Lipinski definition) is 0. The summed E-state index contributed by atoms with van der Waals surface area (Å²) in [5, 5.41) is 3.93. The first-order valence-electron chi connectivity index (χ1n) is 9.54. The van der Waals surface area contributed by atoms with E-state index in [4.69, 9.17) is 4.52 Å². The molecule has 1 aliphatic rings. The number of hydrogen-bond acceptors (Lipinski definition) is 6. The molecule has 1 saturated heterocycles. The Kier molecular flexibility index (Phi) is 6.33. The van der Waals surface area contributed by atoms with E-state index in [0.717, 1.165) is 6.07 Å². The van der Waals surface area contributed by atoms with Crippen molar-refractivity contribution in [2.45, 2.75) is 50.5 Å². The van der Waals surface area contributed by atoms with Crippen molar-refractivity contribution in [3.63, 3.8) is 0 Å². The van der Waals surface area contributed by atoms with Crippen LogP contribution in [0.25, 0.3) is 0 Å². The molecule has 1 unspecified atom stereocenters. The van der Waals surface area contributed by atoms with Crippen molar-refractivity contribution in [3.8, 4) is 0 Å². The van der Waals surface area contributed by atoms with Crippen LogP contribution >= 0.6 is 0 Å². The molecule has 29 heavy (non-hydrogen) atoms. The first-order valence-corrected chi connectivity index (χ1v) is 11.0. The van der Waals surface area contributed by atoms with Gasteiger partial charge in [-0.05, 0) is 24.6 Å². The number of sulfonamides is 1. The SMILES string of the molecule is CC(=O)N(CCc1noc(C(C)C)n1)C1CCN(S(=O)(=O)c2cccc(F)c2)C1. The van der Waals surface area contributed by atoms with Gasteiger partial charge in [-0.2, -0.15) is 9.29 Å². The second-order valence-corrected chi connectivity index (χ2v) is 9.37. The third kappa shape index (κ3) is 4.81. The van der Waals surface area contributed by atoms with Crippen molar-refractivity contribution < 1.29 is 22.1 Å². The molecule has 1 amide bonds. The van der Waals surface area contributed by atoms with E-state index in [1.54, 1.807) is 4.90 Å². The first kappa shape index (κ1) is 21.4. The van der Waals surface area contributed by atoms with E-state index in [0.29, 0.717) is 31.1 Å². The van der Waals surface area contributed by atoms with Crippen LogP contribution in [0.3, 0.4) is 0 Å². The minimum Gasteiger partial charge on any atom is -0.339 e. The van der Waals surface area contributed by atoms with Gasteiger partial charge in [0.15, 0.2) is 5.82 Å². The predicted octanol–water partition coefficient (Wildman–Crippen LogP) is 2.19. The van der Waals surface area contributed by atoms with Gasteiger partial charge in [-0.1, -0.05) is 25.1 Å². The highest BCUT2D eigenvalue weighted by atomic mass is 32.2. The summed E-state index contributed by atoms with van der Waals surface area (Å²) in [5.41, 5.74) is 0. The Balaban J connectivity index is 1.67. The van der Waals surface area contributed by atoms with Crippen LogP contribution in [0.5, 0.6) is 0 Å². The summed E-state index contributed by atoms with van der Waals surface area (Å²) in [6.07, 6.45) is 0.931. The Hall–Kier alpha value is -2.33. The van der Waals surface area contributed by atoms with Crippen LogP contribution < -0.4 is 0 Å². The van der Waals surface area contributed by atoms with E-state index < -0.39 is 15.8 Å². The summed E-state index contributed by atoms with van der Waals surface area (Å²) >= 11 is 0. The molecule has 1 aliphatic heterocycles. The lowest BCUT2D eigenvalue weighted by molar-refractivity contribution is -0.130. The number of nitrogens with zero attached hydrogens (tertiary/aromatic N) is 4. The highest BCUT2D eigenvalue weighted by molar-refractivity contribution is 7.89. The molecule has 1 aromatic heterocycles. The van der Waals surface area contributed by atoms with Gasteiger partial charge in [0, 0.05) is 44.9 Å².